The highest BCUT2D eigenvalue weighted by Gasteiger charge is 2.48. The maximum atomic E-state index is 10.7. The van der Waals surface area contributed by atoms with E-state index in [1.165, 1.54) is 0 Å². The molecule has 0 spiro atoms. The maximum absolute atomic E-state index is 10.7. The Kier molecular flexibility index (Phi) is 4.90. The Hall–Kier alpha value is -1.24. The molecule has 1 aromatic carbocycles. The summed E-state index contributed by atoms with van der Waals surface area (Å²) in [7, 11) is 1.57. The molecule has 22 heavy (non-hydrogen) atoms. The molecule has 0 radical (unpaired) electrons. The Morgan fingerprint density at radius 1 is 1.32 bits per heavy atom. The summed E-state index contributed by atoms with van der Waals surface area (Å²) in [5.74, 6) is -0.196. The van der Waals surface area contributed by atoms with Crippen LogP contribution in [0.5, 0.6) is 0 Å². The molecule has 120 valence electrons. The Bertz CT molecular complexity index is 491. The summed E-state index contributed by atoms with van der Waals surface area (Å²) in [4.78, 5) is 0. The van der Waals surface area contributed by atoms with Crippen LogP contribution in [0.4, 0.5) is 0 Å². The van der Waals surface area contributed by atoms with Gasteiger partial charge in [0.2, 0.25) is 0 Å². The molecule has 1 N–H and O–H groups in total. The van der Waals surface area contributed by atoms with Gasteiger partial charge in [-0.1, -0.05) is 36.4 Å². The lowest BCUT2D eigenvalue weighted by atomic mass is 9.88. The normalized spacial score (nSPS) is 38.3. The van der Waals surface area contributed by atoms with Crippen LogP contribution in [-0.2, 0) is 18.9 Å². The summed E-state index contributed by atoms with van der Waals surface area (Å²) in [6.45, 7) is 4.10. The van der Waals surface area contributed by atoms with Crippen LogP contribution in [0.2, 0.25) is 0 Å². The highest BCUT2D eigenvalue weighted by molar-refractivity contribution is 5.16. The van der Waals surface area contributed by atoms with Crippen LogP contribution in [0.3, 0.4) is 0 Å². The van der Waals surface area contributed by atoms with Crippen LogP contribution in [0.1, 0.15) is 18.3 Å². The van der Waals surface area contributed by atoms with Gasteiger partial charge in [-0.25, -0.2) is 0 Å². The summed E-state index contributed by atoms with van der Waals surface area (Å²) < 4.78 is 22.9. The third-order valence-corrected chi connectivity index (χ3v) is 4.24. The average Bonchev–Trinajstić information content (AvgIpc) is 2.58. The molecule has 0 aliphatic carbocycles. The molecule has 2 fully saturated rings. The van der Waals surface area contributed by atoms with Gasteiger partial charge in [0.1, 0.15) is 12.2 Å². The minimum atomic E-state index is -0.684. The zero-order valence-corrected chi connectivity index (χ0v) is 12.6. The van der Waals surface area contributed by atoms with E-state index in [-0.39, 0.29) is 12.0 Å². The second-order valence-corrected chi connectivity index (χ2v) is 5.63. The van der Waals surface area contributed by atoms with Crippen LogP contribution in [-0.4, -0.2) is 43.4 Å². The molecular formula is C17H22O5. The number of aliphatic hydroxyl groups excluding tert-OH is 1. The molecule has 2 aliphatic heterocycles. The van der Waals surface area contributed by atoms with Gasteiger partial charge >= 0.3 is 0 Å². The lowest BCUT2D eigenvalue weighted by molar-refractivity contribution is -0.350. The summed E-state index contributed by atoms with van der Waals surface area (Å²) in [5, 5.41) is 10.7. The van der Waals surface area contributed by atoms with Crippen molar-refractivity contribution in [2.75, 3.05) is 13.7 Å². The first-order valence-electron chi connectivity index (χ1n) is 7.54. The largest absolute Gasteiger partial charge is 0.390 e. The number of benzene rings is 1. The first-order chi connectivity index (χ1) is 10.7. The van der Waals surface area contributed by atoms with Crippen LogP contribution in [0.25, 0.3) is 0 Å². The van der Waals surface area contributed by atoms with Gasteiger partial charge in [0.05, 0.1) is 12.7 Å². The molecule has 2 saturated heterocycles. The minimum absolute atomic E-state index is 0.196. The van der Waals surface area contributed by atoms with Crippen molar-refractivity contribution in [2.45, 2.75) is 37.3 Å². The molecular weight excluding hydrogens is 284 g/mol. The Morgan fingerprint density at radius 2 is 2.09 bits per heavy atom. The molecule has 5 heteroatoms. The maximum Gasteiger partial charge on any atom is 0.184 e. The van der Waals surface area contributed by atoms with Gasteiger partial charge in [0.25, 0.3) is 0 Å². The molecule has 0 bridgehead atoms. The van der Waals surface area contributed by atoms with Gasteiger partial charge in [-0.05, 0) is 6.42 Å². The van der Waals surface area contributed by atoms with Gasteiger partial charge in [0, 0.05) is 18.6 Å². The Balaban J connectivity index is 1.76. The van der Waals surface area contributed by atoms with E-state index < -0.39 is 24.8 Å². The van der Waals surface area contributed by atoms with Crippen LogP contribution >= 0.6 is 0 Å². The van der Waals surface area contributed by atoms with Crippen molar-refractivity contribution in [1.29, 1.82) is 0 Å². The minimum Gasteiger partial charge on any atom is -0.390 e. The summed E-state index contributed by atoms with van der Waals surface area (Å²) in [6, 6.07) is 9.70. The number of rotatable bonds is 4. The van der Waals surface area contributed by atoms with Crippen molar-refractivity contribution in [3.05, 3.63) is 48.6 Å². The molecule has 6 atom stereocenters. The van der Waals surface area contributed by atoms with Crippen LogP contribution < -0.4 is 0 Å². The average molecular weight is 306 g/mol. The van der Waals surface area contributed by atoms with Crippen molar-refractivity contribution in [3.8, 4) is 0 Å². The van der Waals surface area contributed by atoms with Crippen molar-refractivity contribution in [3.63, 3.8) is 0 Å². The molecule has 0 saturated carbocycles. The number of fused-ring (bicyclic) bond motifs is 1. The summed E-state index contributed by atoms with van der Waals surface area (Å²) in [5.41, 5.74) is 0.933. The van der Waals surface area contributed by atoms with Crippen molar-refractivity contribution >= 4 is 0 Å². The SMILES string of the molecule is C=CC[C@@H]1[C@@H](OC)O[C@@H]2CO[C@@H](c3ccccc3)O[C@H]2[C@H]1O. The quantitative estimate of drug-likeness (QED) is 0.863. The van der Waals surface area contributed by atoms with E-state index in [9.17, 15) is 5.11 Å². The van der Waals surface area contributed by atoms with Gasteiger partial charge in [-0.2, -0.15) is 0 Å². The number of aliphatic hydroxyl groups is 1. The summed E-state index contributed by atoms with van der Waals surface area (Å²) in [6.07, 6.45) is -0.0484. The van der Waals surface area contributed by atoms with E-state index in [0.29, 0.717) is 13.0 Å². The van der Waals surface area contributed by atoms with E-state index in [2.05, 4.69) is 6.58 Å². The lowest BCUT2D eigenvalue weighted by Crippen LogP contribution is -2.59. The molecule has 0 amide bonds. The number of ether oxygens (including phenoxy) is 4. The van der Waals surface area contributed by atoms with E-state index in [1.54, 1.807) is 13.2 Å². The first-order valence-corrected chi connectivity index (χ1v) is 7.54. The molecule has 0 unspecified atom stereocenters. The number of hydrogen-bond acceptors (Lipinski definition) is 5. The predicted molar refractivity (Wildman–Crippen MR) is 80.0 cm³/mol. The van der Waals surface area contributed by atoms with Crippen LogP contribution in [0, 0.1) is 5.92 Å². The fourth-order valence-corrected chi connectivity index (χ4v) is 3.10. The van der Waals surface area contributed by atoms with Gasteiger partial charge in [0.15, 0.2) is 12.6 Å². The number of methoxy groups -OCH3 is 1. The monoisotopic (exact) mass is 306 g/mol. The van der Waals surface area contributed by atoms with E-state index in [1.807, 2.05) is 30.3 Å². The standard InChI is InChI=1S/C17H22O5/c1-3-7-12-14(18)15-13(21-17(12)19-2)10-20-16(22-15)11-8-5-4-6-9-11/h3-6,8-9,12-18H,1,7,10H2,2H3/t12-,13+,14-,15+,16+,17-/m0/s1. The zero-order valence-electron chi connectivity index (χ0n) is 12.6. The first kappa shape index (κ1) is 15.6. The zero-order chi connectivity index (χ0) is 15.5. The number of hydrogen-bond donors (Lipinski definition) is 1. The van der Waals surface area contributed by atoms with Gasteiger partial charge in [-0.3, -0.25) is 0 Å². The van der Waals surface area contributed by atoms with Crippen molar-refractivity contribution in [1.82, 2.24) is 0 Å². The highest BCUT2D eigenvalue weighted by Crippen LogP contribution is 2.37. The molecule has 2 heterocycles. The van der Waals surface area contributed by atoms with E-state index in [4.69, 9.17) is 18.9 Å². The smallest absolute Gasteiger partial charge is 0.184 e. The fraction of sp³-hybridized carbons (Fsp3) is 0.529. The fourth-order valence-electron chi connectivity index (χ4n) is 3.10. The third kappa shape index (κ3) is 2.95. The second-order valence-electron chi connectivity index (χ2n) is 5.63. The second kappa shape index (κ2) is 6.89. The highest BCUT2D eigenvalue weighted by atomic mass is 16.7. The Labute approximate surface area is 130 Å². The summed E-state index contributed by atoms with van der Waals surface area (Å²) >= 11 is 0. The van der Waals surface area contributed by atoms with Gasteiger partial charge in [-0.15, -0.1) is 6.58 Å². The molecule has 2 aliphatic rings. The van der Waals surface area contributed by atoms with Crippen molar-refractivity contribution in [2.24, 2.45) is 5.92 Å². The number of allylic oxidation sites excluding steroid dienone is 1. The van der Waals surface area contributed by atoms with Crippen molar-refractivity contribution < 1.29 is 24.1 Å². The Morgan fingerprint density at radius 3 is 2.77 bits per heavy atom. The third-order valence-electron chi connectivity index (χ3n) is 4.24. The molecule has 5 nitrogen and oxygen atoms in total. The molecule has 3 rings (SSSR count). The van der Waals surface area contributed by atoms with E-state index in [0.717, 1.165) is 5.56 Å². The predicted octanol–water partition coefficient (Wildman–Crippen LogP) is 2.03. The lowest BCUT2D eigenvalue weighted by Gasteiger charge is -2.47. The van der Waals surface area contributed by atoms with Gasteiger partial charge < -0.3 is 24.1 Å². The molecule has 0 aromatic heterocycles. The van der Waals surface area contributed by atoms with E-state index >= 15 is 0 Å². The topological polar surface area (TPSA) is 57.2 Å². The van der Waals surface area contributed by atoms with Crippen LogP contribution in [0.15, 0.2) is 43.0 Å². The molecule has 1 aromatic rings.